The minimum atomic E-state index is -0.0985. The molecule has 2 heterocycles. The Kier molecular flexibility index (Phi) is 5.48. The SMILES string of the molecule is COc1ccc(C2CC(c3ccco3)=NN2C(=S)Nc2ccccc2)cc1OC. The van der Waals surface area contributed by atoms with Gasteiger partial charge in [0.15, 0.2) is 16.6 Å². The quantitative estimate of drug-likeness (QED) is 0.611. The average molecular weight is 407 g/mol. The van der Waals surface area contributed by atoms with Crippen LogP contribution in [0.2, 0.25) is 0 Å². The molecule has 1 atom stereocenters. The van der Waals surface area contributed by atoms with E-state index in [-0.39, 0.29) is 6.04 Å². The number of thiocarbonyl (C=S) groups is 1. The molecule has 1 aliphatic rings. The summed E-state index contributed by atoms with van der Waals surface area (Å²) in [6.07, 6.45) is 2.30. The molecule has 0 radical (unpaired) electrons. The highest BCUT2D eigenvalue weighted by Crippen LogP contribution is 2.37. The summed E-state index contributed by atoms with van der Waals surface area (Å²) in [6, 6.07) is 19.3. The highest BCUT2D eigenvalue weighted by atomic mass is 32.1. The number of nitrogens with zero attached hydrogens (tertiary/aromatic N) is 2. The lowest BCUT2D eigenvalue weighted by Gasteiger charge is -2.25. The second kappa shape index (κ2) is 8.36. The molecule has 4 rings (SSSR count). The normalized spacial score (nSPS) is 15.7. The first-order valence-corrected chi connectivity index (χ1v) is 9.59. The first kappa shape index (κ1) is 19.0. The zero-order valence-electron chi connectivity index (χ0n) is 16.2. The van der Waals surface area contributed by atoms with Gasteiger partial charge in [0.1, 0.15) is 11.5 Å². The summed E-state index contributed by atoms with van der Waals surface area (Å²) in [5.74, 6) is 2.08. The number of benzene rings is 2. The highest BCUT2D eigenvalue weighted by molar-refractivity contribution is 7.80. The second-order valence-corrected chi connectivity index (χ2v) is 6.89. The van der Waals surface area contributed by atoms with Gasteiger partial charge in [0.25, 0.3) is 0 Å². The number of ether oxygens (including phenoxy) is 2. The van der Waals surface area contributed by atoms with Gasteiger partial charge in [0, 0.05) is 12.1 Å². The molecular weight excluding hydrogens is 386 g/mol. The number of hydrogen-bond acceptors (Lipinski definition) is 5. The lowest BCUT2D eigenvalue weighted by molar-refractivity contribution is 0.348. The van der Waals surface area contributed by atoms with E-state index in [9.17, 15) is 0 Å². The van der Waals surface area contributed by atoms with E-state index < -0.39 is 0 Å². The zero-order valence-corrected chi connectivity index (χ0v) is 17.0. The molecule has 1 aliphatic heterocycles. The fourth-order valence-electron chi connectivity index (χ4n) is 3.31. The molecule has 3 aromatic rings. The molecule has 0 fully saturated rings. The van der Waals surface area contributed by atoms with Crippen LogP contribution in [-0.4, -0.2) is 30.1 Å². The molecule has 0 saturated carbocycles. The first-order chi connectivity index (χ1) is 14.2. The maximum absolute atomic E-state index is 5.69. The molecule has 0 spiro atoms. The summed E-state index contributed by atoms with van der Waals surface area (Å²) < 4.78 is 16.4. The van der Waals surface area contributed by atoms with Crippen molar-refractivity contribution >= 4 is 28.7 Å². The lowest BCUT2D eigenvalue weighted by Crippen LogP contribution is -2.31. The number of methoxy groups -OCH3 is 2. The third-order valence-corrected chi connectivity index (χ3v) is 5.03. The van der Waals surface area contributed by atoms with Crippen LogP contribution in [0.4, 0.5) is 5.69 Å². The number of rotatable bonds is 5. The summed E-state index contributed by atoms with van der Waals surface area (Å²) in [5, 5.41) is 10.4. The second-order valence-electron chi connectivity index (χ2n) is 6.50. The van der Waals surface area contributed by atoms with E-state index >= 15 is 0 Å². The van der Waals surface area contributed by atoms with E-state index in [1.54, 1.807) is 20.5 Å². The lowest BCUT2D eigenvalue weighted by atomic mass is 10.0. The number of hydrogen-bond donors (Lipinski definition) is 1. The van der Waals surface area contributed by atoms with Gasteiger partial charge in [-0.2, -0.15) is 5.10 Å². The van der Waals surface area contributed by atoms with Crippen molar-refractivity contribution in [2.24, 2.45) is 5.10 Å². The van der Waals surface area contributed by atoms with Crippen LogP contribution in [0.25, 0.3) is 0 Å². The number of furan rings is 1. The largest absolute Gasteiger partial charge is 0.493 e. The van der Waals surface area contributed by atoms with Gasteiger partial charge < -0.3 is 19.2 Å². The molecule has 0 aliphatic carbocycles. The predicted molar refractivity (Wildman–Crippen MR) is 117 cm³/mol. The number of para-hydroxylation sites is 1. The Morgan fingerprint density at radius 3 is 2.55 bits per heavy atom. The van der Waals surface area contributed by atoms with Gasteiger partial charge in [0.2, 0.25) is 0 Å². The van der Waals surface area contributed by atoms with Crippen molar-refractivity contribution in [3.8, 4) is 11.5 Å². The Morgan fingerprint density at radius 1 is 1.07 bits per heavy atom. The van der Waals surface area contributed by atoms with E-state index in [1.807, 2.05) is 65.7 Å². The highest BCUT2D eigenvalue weighted by Gasteiger charge is 2.33. The Bertz CT molecular complexity index is 1020. The number of nitrogens with one attached hydrogen (secondary N) is 1. The number of hydrazone groups is 1. The molecule has 0 amide bonds. The minimum absolute atomic E-state index is 0.0985. The van der Waals surface area contributed by atoms with Gasteiger partial charge >= 0.3 is 0 Å². The molecule has 1 unspecified atom stereocenters. The Morgan fingerprint density at radius 2 is 1.86 bits per heavy atom. The third-order valence-electron chi connectivity index (χ3n) is 4.74. The zero-order chi connectivity index (χ0) is 20.2. The summed E-state index contributed by atoms with van der Waals surface area (Å²) >= 11 is 5.69. The number of anilines is 1. The molecule has 2 aromatic carbocycles. The van der Waals surface area contributed by atoms with E-state index in [2.05, 4.69) is 5.32 Å². The Balaban J connectivity index is 1.67. The van der Waals surface area contributed by atoms with Crippen molar-refractivity contribution in [1.29, 1.82) is 0 Å². The minimum Gasteiger partial charge on any atom is -0.493 e. The van der Waals surface area contributed by atoms with E-state index in [0.29, 0.717) is 23.0 Å². The monoisotopic (exact) mass is 407 g/mol. The Labute approximate surface area is 174 Å². The van der Waals surface area contributed by atoms with Crippen LogP contribution in [0.1, 0.15) is 23.8 Å². The van der Waals surface area contributed by atoms with Crippen molar-refractivity contribution in [1.82, 2.24) is 5.01 Å². The summed E-state index contributed by atoms with van der Waals surface area (Å²) in [5.41, 5.74) is 2.77. The molecule has 1 N–H and O–H groups in total. The summed E-state index contributed by atoms with van der Waals surface area (Å²) in [6.45, 7) is 0. The van der Waals surface area contributed by atoms with E-state index in [0.717, 1.165) is 22.7 Å². The van der Waals surface area contributed by atoms with Crippen molar-refractivity contribution < 1.29 is 13.9 Å². The van der Waals surface area contributed by atoms with Crippen molar-refractivity contribution in [3.05, 3.63) is 78.3 Å². The molecule has 148 valence electrons. The summed E-state index contributed by atoms with van der Waals surface area (Å²) in [4.78, 5) is 0. The first-order valence-electron chi connectivity index (χ1n) is 9.18. The fourth-order valence-corrected chi connectivity index (χ4v) is 3.60. The van der Waals surface area contributed by atoms with Gasteiger partial charge in [0.05, 0.1) is 26.5 Å². The predicted octanol–water partition coefficient (Wildman–Crippen LogP) is 4.84. The fraction of sp³-hybridized carbons (Fsp3) is 0.182. The Hall–Kier alpha value is -3.32. The maximum Gasteiger partial charge on any atom is 0.194 e. The standard InChI is InChI=1S/C22H21N3O3S/c1-26-20-11-10-15(13-21(20)27-2)18-14-17(19-9-6-12-28-19)24-25(18)22(29)23-16-7-4-3-5-8-16/h3-13,18H,14H2,1-2H3,(H,23,29). The smallest absolute Gasteiger partial charge is 0.194 e. The van der Waals surface area contributed by atoms with Crippen molar-refractivity contribution in [2.75, 3.05) is 19.5 Å². The molecule has 0 bridgehead atoms. The molecular formula is C22H21N3O3S. The van der Waals surface area contributed by atoms with Gasteiger partial charge in [-0.15, -0.1) is 0 Å². The van der Waals surface area contributed by atoms with Crippen molar-refractivity contribution in [2.45, 2.75) is 12.5 Å². The van der Waals surface area contributed by atoms with Gasteiger partial charge in [-0.25, -0.2) is 5.01 Å². The molecule has 7 heteroatoms. The van der Waals surface area contributed by atoms with Crippen LogP contribution in [-0.2, 0) is 0 Å². The van der Waals surface area contributed by atoms with Crippen LogP contribution in [0.15, 0.2) is 76.4 Å². The third kappa shape index (κ3) is 3.95. The molecule has 1 aromatic heterocycles. The maximum atomic E-state index is 5.69. The van der Waals surface area contributed by atoms with E-state index in [4.69, 9.17) is 31.2 Å². The van der Waals surface area contributed by atoms with Gasteiger partial charge in [-0.3, -0.25) is 0 Å². The molecule has 0 saturated heterocycles. The van der Waals surface area contributed by atoms with Crippen molar-refractivity contribution in [3.63, 3.8) is 0 Å². The molecule has 29 heavy (non-hydrogen) atoms. The van der Waals surface area contributed by atoms with E-state index in [1.165, 1.54) is 0 Å². The van der Waals surface area contributed by atoms with Crippen LogP contribution in [0.3, 0.4) is 0 Å². The van der Waals surface area contributed by atoms with Crippen LogP contribution in [0, 0.1) is 0 Å². The topological polar surface area (TPSA) is 59.2 Å². The molecule has 6 nitrogen and oxygen atoms in total. The average Bonchev–Trinajstić information content (AvgIpc) is 3.44. The van der Waals surface area contributed by atoms with Crippen LogP contribution >= 0.6 is 12.2 Å². The van der Waals surface area contributed by atoms with Gasteiger partial charge in [-0.1, -0.05) is 24.3 Å². The summed E-state index contributed by atoms with van der Waals surface area (Å²) in [7, 11) is 3.25. The van der Waals surface area contributed by atoms with Crippen LogP contribution in [0.5, 0.6) is 11.5 Å². The van der Waals surface area contributed by atoms with Crippen LogP contribution < -0.4 is 14.8 Å². The van der Waals surface area contributed by atoms with Gasteiger partial charge in [-0.05, 0) is 54.2 Å².